The van der Waals surface area contributed by atoms with Crippen LogP contribution < -0.4 is 14.8 Å². The van der Waals surface area contributed by atoms with Crippen molar-refractivity contribution in [1.82, 2.24) is 10.3 Å². The number of aromatic nitrogens is 1. The number of nitro benzene ring substituents is 1. The second kappa shape index (κ2) is 6.31. The average Bonchev–Trinajstić information content (AvgIpc) is 2.50. The van der Waals surface area contributed by atoms with Crippen molar-refractivity contribution in [3.05, 3.63) is 34.1 Å². The number of fused-ring (bicyclic) bond motifs is 1. The molecule has 0 saturated carbocycles. The molecule has 128 valence electrons. The molecule has 0 radical (unpaired) electrons. The Morgan fingerprint density at radius 2 is 1.96 bits per heavy atom. The molecule has 1 aromatic carbocycles. The van der Waals surface area contributed by atoms with Crippen molar-refractivity contribution in [2.45, 2.75) is 26.3 Å². The fourth-order valence-corrected chi connectivity index (χ4v) is 2.38. The van der Waals surface area contributed by atoms with Gasteiger partial charge in [-0.2, -0.15) is 0 Å². The summed E-state index contributed by atoms with van der Waals surface area (Å²) in [6, 6.07) is 2.79. The highest BCUT2D eigenvalue weighted by Gasteiger charge is 2.27. The van der Waals surface area contributed by atoms with E-state index >= 15 is 0 Å². The van der Waals surface area contributed by atoms with Gasteiger partial charge in [0, 0.05) is 17.1 Å². The number of benzene rings is 1. The van der Waals surface area contributed by atoms with Gasteiger partial charge in [-0.3, -0.25) is 19.9 Å². The van der Waals surface area contributed by atoms with Crippen LogP contribution in [0, 0.1) is 10.1 Å². The summed E-state index contributed by atoms with van der Waals surface area (Å²) in [5, 5.41) is 14.8. The van der Waals surface area contributed by atoms with Gasteiger partial charge in [-0.25, -0.2) is 0 Å². The van der Waals surface area contributed by atoms with Crippen LogP contribution in [0.1, 0.15) is 31.3 Å². The number of rotatable bonds is 4. The molecular weight excluding hydrogens is 314 g/mol. The number of nitrogens with one attached hydrogen (secondary N) is 1. The number of nitrogens with zero attached hydrogens (tertiary/aromatic N) is 2. The zero-order valence-corrected chi connectivity index (χ0v) is 14.2. The molecule has 24 heavy (non-hydrogen) atoms. The molecule has 0 unspecified atom stereocenters. The summed E-state index contributed by atoms with van der Waals surface area (Å²) < 4.78 is 10.5. The highest BCUT2D eigenvalue weighted by Crippen LogP contribution is 2.42. The number of non-ortho nitro benzene ring substituents is 1. The normalized spacial score (nSPS) is 11.2. The molecule has 8 heteroatoms. The minimum Gasteiger partial charge on any atom is -0.493 e. The number of carbonyl (C=O) groups is 1. The van der Waals surface area contributed by atoms with Crippen LogP contribution >= 0.6 is 0 Å². The maximum absolute atomic E-state index is 12.5. The Kier molecular flexibility index (Phi) is 4.59. The standard InChI is InChI=1S/C16H19N3O5/c1-16(2,3)18-15(20)13-12-9(6-7-17-13)14(24-5)11(23-4)8-10(12)19(21)22/h6-8H,1-5H3,(H,18,20). The summed E-state index contributed by atoms with van der Waals surface area (Å²) in [6.07, 6.45) is 1.41. The third-order valence-electron chi connectivity index (χ3n) is 3.27. The smallest absolute Gasteiger partial charge is 0.283 e. The molecule has 0 aliphatic rings. The molecule has 1 amide bonds. The first-order chi connectivity index (χ1) is 11.2. The first-order valence-electron chi connectivity index (χ1n) is 7.20. The van der Waals surface area contributed by atoms with Gasteiger partial charge >= 0.3 is 0 Å². The predicted octanol–water partition coefficient (Wildman–Crippen LogP) is 2.69. The van der Waals surface area contributed by atoms with Crippen LogP contribution in [0.2, 0.25) is 0 Å². The fourth-order valence-electron chi connectivity index (χ4n) is 2.38. The largest absolute Gasteiger partial charge is 0.493 e. The molecule has 2 rings (SSSR count). The zero-order valence-electron chi connectivity index (χ0n) is 14.2. The third-order valence-corrected chi connectivity index (χ3v) is 3.27. The van der Waals surface area contributed by atoms with Crippen molar-refractivity contribution in [1.29, 1.82) is 0 Å². The summed E-state index contributed by atoms with van der Waals surface area (Å²) in [6.45, 7) is 5.44. The van der Waals surface area contributed by atoms with Crippen LogP contribution in [-0.4, -0.2) is 35.6 Å². The maximum atomic E-state index is 12.5. The van der Waals surface area contributed by atoms with Crippen LogP contribution in [-0.2, 0) is 0 Å². The Bertz CT molecular complexity index is 811. The molecule has 1 N–H and O–H groups in total. The van der Waals surface area contributed by atoms with E-state index in [4.69, 9.17) is 9.47 Å². The number of ether oxygens (including phenoxy) is 2. The molecule has 0 spiro atoms. The first-order valence-corrected chi connectivity index (χ1v) is 7.20. The lowest BCUT2D eigenvalue weighted by Gasteiger charge is -2.21. The van der Waals surface area contributed by atoms with Gasteiger partial charge in [-0.1, -0.05) is 0 Å². The molecule has 0 aliphatic carbocycles. The molecule has 0 aliphatic heterocycles. The minimum absolute atomic E-state index is 0.0323. The quantitative estimate of drug-likeness (QED) is 0.681. The SMILES string of the molecule is COc1cc([N+](=O)[O-])c2c(C(=O)NC(C)(C)C)nccc2c1OC. The Labute approximate surface area is 138 Å². The van der Waals surface area contributed by atoms with E-state index in [9.17, 15) is 14.9 Å². The van der Waals surface area contributed by atoms with Crippen LogP contribution in [0.4, 0.5) is 5.69 Å². The average molecular weight is 333 g/mol. The summed E-state index contributed by atoms with van der Waals surface area (Å²) in [5.74, 6) is 0.0267. The topological polar surface area (TPSA) is 104 Å². The van der Waals surface area contributed by atoms with E-state index in [1.165, 1.54) is 26.5 Å². The van der Waals surface area contributed by atoms with Crippen LogP contribution in [0.3, 0.4) is 0 Å². The number of hydrogen-bond acceptors (Lipinski definition) is 6. The van der Waals surface area contributed by atoms with Gasteiger partial charge in [0.15, 0.2) is 11.5 Å². The number of hydrogen-bond donors (Lipinski definition) is 1. The van der Waals surface area contributed by atoms with Gasteiger partial charge in [0.1, 0.15) is 5.69 Å². The van der Waals surface area contributed by atoms with Crippen molar-refractivity contribution >= 4 is 22.4 Å². The van der Waals surface area contributed by atoms with Crippen molar-refractivity contribution in [3.8, 4) is 11.5 Å². The summed E-state index contributed by atoms with van der Waals surface area (Å²) in [4.78, 5) is 27.5. The molecule has 0 fully saturated rings. The highest BCUT2D eigenvalue weighted by molar-refractivity contribution is 6.11. The zero-order chi connectivity index (χ0) is 18.1. The lowest BCUT2D eigenvalue weighted by atomic mass is 10.0. The maximum Gasteiger partial charge on any atom is 0.283 e. The van der Waals surface area contributed by atoms with E-state index in [-0.39, 0.29) is 22.5 Å². The predicted molar refractivity (Wildman–Crippen MR) is 88.7 cm³/mol. The van der Waals surface area contributed by atoms with Gasteiger partial charge < -0.3 is 14.8 Å². The van der Waals surface area contributed by atoms with Gasteiger partial charge in [0.2, 0.25) is 0 Å². The molecule has 0 bridgehead atoms. The summed E-state index contributed by atoms with van der Waals surface area (Å²) in [7, 11) is 2.82. The molecule has 1 heterocycles. The Morgan fingerprint density at radius 3 is 2.46 bits per heavy atom. The van der Waals surface area contributed by atoms with Crippen molar-refractivity contribution in [3.63, 3.8) is 0 Å². The van der Waals surface area contributed by atoms with E-state index in [2.05, 4.69) is 10.3 Å². The Hall–Kier alpha value is -2.90. The lowest BCUT2D eigenvalue weighted by molar-refractivity contribution is -0.383. The lowest BCUT2D eigenvalue weighted by Crippen LogP contribution is -2.41. The van der Waals surface area contributed by atoms with Crippen molar-refractivity contribution in [2.75, 3.05) is 14.2 Å². The number of methoxy groups -OCH3 is 2. The van der Waals surface area contributed by atoms with E-state index < -0.39 is 16.4 Å². The molecule has 1 aromatic heterocycles. The van der Waals surface area contributed by atoms with Crippen molar-refractivity contribution < 1.29 is 19.2 Å². The van der Waals surface area contributed by atoms with Crippen LogP contribution in [0.25, 0.3) is 10.8 Å². The first kappa shape index (κ1) is 17.5. The van der Waals surface area contributed by atoms with Crippen LogP contribution in [0.5, 0.6) is 11.5 Å². The highest BCUT2D eigenvalue weighted by atomic mass is 16.6. The third kappa shape index (κ3) is 3.22. The molecule has 0 saturated heterocycles. The molecule has 2 aromatic rings. The van der Waals surface area contributed by atoms with E-state index in [0.29, 0.717) is 11.1 Å². The van der Waals surface area contributed by atoms with Crippen LogP contribution in [0.15, 0.2) is 18.3 Å². The summed E-state index contributed by atoms with van der Waals surface area (Å²) >= 11 is 0. The molecule has 8 nitrogen and oxygen atoms in total. The Balaban J connectivity index is 2.83. The number of nitro groups is 1. The number of pyridine rings is 1. The van der Waals surface area contributed by atoms with Gasteiger partial charge in [0.25, 0.3) is 11.6 Å². The number of carbonyl (C=O) groups excluding carboxylic acids is 1. The summed E-state index contributed by atoms with van der Waals surface area (Å²) in [5.41, 5.74) is -0.809. The van der Waals surface area contributed by atoms with E-state index in [1.807, 2.05) is 20.8 Å². The minimum atomic E-state index is -0.570. The van der Waals surface area contributed by atoms with Gasteiger partial charge in [0.05, 0.1) is 30.6 Å². The van der Waals surface area contributed by atoms with E-state index in [0.717, 1.165) is 0 Å². The second-order valence-corrected chi connectivity index (χ2v) is 6.17. The molecule has 0 atom stereocenters. The van der Waals surface area contributed by atoms with E-state index in [1.54, 1.807) is 6.07 Å². The van der Waals surface area contributed by atoms with Crippen molar-refractivity contribution in [2.24, 2.45) is 0 Å². The monoisotopic (exact) mass is 333 g/mol. The molecular formula is C16H19N3O5. The second-order valence-electron chi connectivity index (χ2n) is 6.17. The Morgan fingerprint density at radius 1 is 1.29 bits per heavy atom. The number of amides is 1. The fraction of sp³-hybridized carbons (Fsp3) is 0.375. The van der Waals surface area contributed by atoms with Gasteiger partial charge in [-0.05, 0) is 26.8 Å². The van der Waals surface area contributed by atoms with Gasteiger partial charge in [-0.15, -0.1) is 0 Å².